The average molecular weight is 502 g/mol. The van der Waals surface area contributed by atoms with Gasteiger partial charge in [-0.25, -0.2) is 0 Å². The van der Waals surface area contributed by atoms with Gasteiger partial charge in [0.05, 0.1) is 0 Å². The zero-order valence-electron chi connectivity index (χ0n) is 5.62. The average Bonchev–Trinajstić information content (AvgIpc) is 1.81. The molecule has 0 aromatic heterocycles. The summed E-state index contributed by atoms with van der Waals surface area (Å²) in [6.07, 6.45) is 0. The van der Waals surface area contributed by atoms with E-state index in [-0.39, 0.29) is 55.1 Å². The molecule has 0 bridgehead atoms. The second kappa shape index (κ2) is 6740. The molecule has 0 aliphatic rings. The zero-order valence-corrected chi connectivity index (χ0v) is 10.4. The van der Waals surface area contributed by atoms with Gasteiger partial charge in [-0.3, -0.25) is 20.4 Å². The molecular weight excluding hydrogens is 492 g/mol. The number of hydrogen-bond acceptors (Lipinski definition) is 3. The molecular formula is C5H9Ir2O3-2. The van der Waals surface area contributed by atoms with Crippen molar-refractivity contribution in [3.8, 4) is 0 Å². The van der Waals surface area contributed by atoms with Gasteiger partial charge in [-0.05, 0) is 0 Å². The smallest absolute Gasteiger partial charge is 0.545 e. The van der Waals surface area contributed by atoms with Gasteiger partial charge in [0.1, 0.15) is 0 Å². The standard InChI is InChI=1S/3CHO.2CH3.2Ir/c3*1-2;;;;/h3*1H;2*1H3;;/q5*-1;;+3. The molecule has 3 nitrogen and oxygen atoms in total. The fraction of sp³-hybridized carbons (Fsp3) is 0. The maximum Gasteiger partial charge on any atom is 3.00 e. The Morgan fingerprint density at radius 1 is 0.600 bits per heavy atom. The number of hydrogen-bond donors (Lipinski definition) is 0. The van der Waals surface area contributed by atoms with Crippen molar-refractivity contribution in [2.45, 2.75) is 0 Å². The van der Waals surface area contributed by atoms with E-state index in [1.165, 1.54) is 0 Å². The third kappa shape index (κ3) is 4660. The summed E-state index contributed by atoms with van der Waals surface area (Å²) in [5.74, 6) is 0. The molecule has 0 unspecified atom stereocenters. The minimum absolute atomic E-state index is 0. The van der Waals surface area contributed by atoms with Crippen LogP contribution in [-0.2, 0) is 54.6 Å². The van der Waals surface area contributed by atoms with E-state index in [4.69, 9.17) is 14.4 Å². The molecule has 10 heavy (non-hydrogen) atoms. The Kier molecular flexibility index (Phi) is 55000. The van der Waals surface area contributed by atoms with Crippen LogP contribution in [0.5, 0.6) is 0 Å². The van der Waals surface area contributed by atoms with Crippen molar-refractivity contribution in [1.82, 2.24) is 0 Å². The number of rotatable bonds is 0. The van der Waals surface area contributed by atoms with Crippen molar-refractivity contribution >= 4 is 20.4 Å². The molecule has 0 aliphatic heterocycles. The van der Waals surface area contributed by atoms with Crippen molar-refractivity contribution in [2.24, 2.45) is 0 Å². The van der Waals surface area contributed by atoms with Gasteiger partial charge in [-0.15, -0.1) is 0 Å². The van der Waals surface area contributed by atoms with Crippen LogP contribution in [0.25, 0.3) is 0 Å². The van der Waals surface area contributed by atoms with Crippen LogP contribution in [0.15, 0.2) is 0 Å². The van der Waals surface area contributed by atoms with Crippen LogP contribution in [0.3, 0.4) is 0 Å². The molecule has 0 N–H and O–H groups in total. The molecule has 0 rings (SSSR count). The first-order chi connectivity index (χ1) is 3.00. The van der Waals surface area contributed by atoms with Gasteiger partial charge < -0.3 is 29.2 Å². The van der Waals surface area contributed by atoms with Gasteiger partial charge in [0, 0.05) is 20.1 Å². The Balaban J connectivity index is -0.00000000225. The molecule has 0 atom stereocenters. The van der Waals surface area contributed by atoms with Gasteiger partial charge in [-0.2, -0.15) is 0 Å². The predicted molar refractivity (Wildman–Crippen MR) is 33.1 cm³/mol. The van der Waals surface area contributed by atoms with Crippen molar-refractivity contribution < 1.29 is 54.6 Å². The topological polar surface area (TPSA) is 51.2 Å². The maximum absolute atomic E-state index is 7.75. The first-order valence-corrected chi connectivity index (χ1v) is 0.707. The Labute approximate surface area is 89.7 Å². The van der Waals surface area contributed by atoms with Crippen LogP contribution >= 0.6 is 0 Å². The predicted octanol–water partition coefficient (Wildman–Crippen LogP) is 0.0733. The molecule has 0 heterocycles. The van der Waals surface area contributed by atoms with Crippen molar-refractivity contribution in [3.05, 3.63) is 14.9 Å². The summed E-state index contributed by atoms with van der Waals surface area (Å²) in [5, 5.41) is 0. The Morgan fingerprint density at radius 2 is 0.600 bits per heavy atom. The van der Waals surface area contributed by atoms with E-state index in [2.05, 4.69) is 20.4 Å². The van der Waals surface area contributed by atoms with Gasteiger partial charge >= 0.3 is 20.1 Å². The fourth-order valence-corrected chi connectivity index (χ4v) is 0. The molecule has 1 radical (unpaired) electrons. The van der Waals surface area contributed by atoms with Gasteiger partial charge in [0.2, 0.25) is 0 Å². The van der Waals surface area contributed by atoms with Crippen LogP contribution < -0.4 is 0 Å². The van der Waals surface area contributed by atoms with Crippen molar-refractivity contribution in [3.63, 3.8) is 0 Å². The number of carbonyl (C=O) groups excluding carboxylic acids is 3. The third-order valence-electron chi connectivity index (χ3n) is 0. The zero-order chi connectivity index (χ0) is 6.00. The monoisotopic (exact) mass is 503 g/mol. The molecule has 0 spiro atoms. The van der Waals surface area contributed by atoms with Crippen LogP contribution in [0.1, 0.15) is 0 Å². The first kappa shape index (κ1) is 81.6. The molecule has 0 saturated heterocycles. The van der Waals surface area contributed by atoms with Gasteiger partial charge in [-0.1, -0.05) is 0 Å². The Morgan fingerprint density at radius 3 is 0.600 bits per heavy atom. The van der Waals surface area contributed by atoms with Crippen molar-refractivity contribution in [2.75, 3.05) is 0 Å². The summed E-state index contributed by atoms with van der Waals surface area (Å²) in [4.78, 5) is 23.2. The molecule has 0 saturated carbocycles. The van der Waals surface area contributed by atoms with Crippen LogP contribution in [0.4, 0.5) is 0 Å². The molecule has 0 fully saturated rings. The molecule has 0 aromatic rings. The summed E-state index contributed by atoms with van der Waals surface area (Å²) in [7, 11) is 0. The molecule has 0 aromatic carbocycles. The summed E-state index contributed by atoms with van der Waals surface area (Å²) >= 11 is 0. The van der Waals surface area contributed by atoms with E-state index in [0.29, 0.717) is 0 Å². The summed E-state index contributed by atoms with van der Waals surface area (Å²) in [6, 6.07) is 0. The largest absolute Gasteiger partial charge is 3.00 e. The van der Waals surface area contributed by atoms with E-state index < -0.39 is 0 Å². The van der Waals surface area contributed by atoms with Crippen LogP contribution in [0, 0.1) is 14.9 Å². The summed E-state index contributed by atoms with van der Waals surface area (Å²) in [6.45, 7) is 9.75. The van der Waals surface area contributed by atoms with E-state index in [1.807, 2.05) is 0 Å². The van der Waals surface area contributed by atoms with E-state index >= 15 is 0 Å². The van der Waals surface area contributed by atoms with E-state index in [9.17, 15) is 0 Å². The Hall–Kier alpha value is 0.309. The summed E-state index contributed by atoms with van der Waals surface area (Å²) in [5.41, 5.74) is 0. The SMILES string of the molecule is [CH-]=O.[CH-]=O.[CH-]=O.[CH3-].[CH3-].[Ir+3].[Ir]. The normalized spacial score (nSPS) is 1.20. The second-order valence-corrected chi connectivity index (χ2v) is 0. The minimum Gasteiger partial charge on any atom is -0.545 e. The van der Waals surface area contributed by atoms with Crippen LogP contribution in [0.2, 0.25) is 0 Å². The molecule has 67 valence electrons. The molecule has 0 amide bonds. The molecule has 5 heteroatoms. The van der Waals surface area contributed by atoms with Crippen molar-refractivity contribution in [1.29, 1.82) is 0 Å². The maximum atomic E-state index is 7.75. The van der Waals surface area contributed by atoms with E-state index in [1.54, 1.807) is 0 Å². The fourth-order valence-electron chi connectivity index (χ4n) is 0. The third-order valence-corrected chi connectivity index (χ3v) is 0. The quantitative estimate of drug-likeness (QED) is 0.349. The van der Waals surface area contributed by atoms with Gasteiger partial charge in [0.25, 0.3) is 0 Å². The second-order valence-electron chi connectivity index (χ2n) is 0. The Bertz CT molecular complexity index is 19.6. The van der Waals surface area contributed by atoms with E-state index in [0.717, 1.165) is 0 Å². The first-order valence-electron chi connectivity index (χ1n) is 0.707. The van der Waals surface area contributed by atoms with Crippen LogP contribution in [-0.4, -0.2) is 20.4 Å². The van der Waals surface area contributed by atoms with Gasteiger partial charge in [0.15, 0.2) is 0 Å². The summed E-state index contributed by atoms with van der Waals surface area (Å²) < 4.78 is 0. The minimum atomic E-state index is 0. The molecule has 0 aliphatic carbocycles.